The molecule has 0 aliphatic heterocycles. The number of carbonyl (C=O) groups excluding carboxylic acids is 3. The average molecular weight is 628 g/mol. The van der Waals surface area contributed by atoms with Gasteiger partial charge in [-0.2, -0.15) is 0 Å². The van der Waals surface area contributed by atoms with E-state index in [-0.39, 0.29) is 0 Å². The fourth-order valence-electron chi connectivity index (χ4n) is 3.31. The molecule has 0 atom stereocenters. The fraction of sp³-hybridized carbons (Fsp3) is 0.318. The van der Waals surface area contributed by atoms with E-state index in [1.54, 1.807) is 0 Å². The van der Waals surface area contributed by atoms with Gasteiger partial charge in [-0.1, -0.05) is 0 Å². The molecule has 2 aromatic rings. The second-order valence-electron chi connectivity index (χ2n) is 6.72. The van der Waals surface area contributed by atoms with E-state index in [9.17, 15) is 14.4 Å². The van der Waals surface area contributed by atoms with Crippen molar-refractivity contribution >= 4 is 55.2 Å². The van der Waals surface area contributed by atoms with Gasteiger partial charge in [0.15, 0.2) is 0 Å². The Morgan fingerprint density at radius 1 is 0.767 bits per heavy atom. The van der Waals surface area contributed by atoms with E-state index in [2.05, 4.69) is 0 Å². The molecule has 30 heavy (non-hydrogen) atoms. The third kappa shape index (κ3) is 5.81. The van der Waals surface area contributed by atoms with Crippen LogP contribution in [-0.4, -0.2) is 40.4 Å². The molecule has 0 fully saturated rings. The zero-order valence-corrected chi connectivity index (χ0v) is 22.3. The predicted octanol–water partition coefficient (Wildman–Crippen LogP) is 3.97. The van der Waals surface area contributed by atoms with Crippen molar-refractivity contribution in [1.29, 1.82) is 0 Å². The zero-order chi connectivity index (χ0) is 22.5. The van der Waals surface area contributed by atoms with E-state index < -0.39 is 40.4 Å². The van der Waals surface area contributed by atoms with Gasteiger partial charge in [0.2, 0.25) is 0 Å². The molecule has 160 valence electrons. The standard InChI is InChI=1S/C16H16Cl.3C2H4O2.Pb/c1-3-12-9-13(4-2)11-15(10-12)14-5-7-16(17)8-6-14;3*1-2(3)4;/h5-8,10-11H,3-4H2,1-2H3;3*1H3,(H,3,4);/q;;;;+3/p-3. The van der Waals surface area contributed by atoms with Crippen LogP contribution in [0.15, 0.2) is 36.4 Å². The van der Waals surface area contributed by atoms with E-state index in [0.29, 0.717) is 21.0 Å². The second kappa shape index (κ2) is 10.4. The summed E-state index contributed by atoms with van der Waals surface area (Å²) >= 11 is 0.675. The van der Waals surface area contributed by atoms with E-state index in [0.717, 1.165) is 22.3 Å². The first-order chi connectivity index (χ1) is 14.1. The molecule has 0 aliphatic carbocycles. The number of aryl methyl sites for hydroxylation is 2. The Kier molecular flexibility index (Phi) is 8.43. The van der Waals surface area contributed by atoms with Crippen LogP contribution in [0.3, 0.4) is 0 Å². The van der Waals surface area contributed by atoms with Crippen molar-refractivity contribution in [2.24, 2.45) is 0 Å². The summed E-state index contributed by atoms with van der Waals surface area (Å²) < 4.78 is 17.3. The maximum absolute atomic E-state index is 12.0. The Labute approximate surface area is 188 Å². The van der Waals surface area contributed by atoms with Crippen molar-refractivity contribution < 1.29 is 22.4 Å². The Morgan fingerprint density at radius 2 is 1.17 bits per heavy atom. The zero-order valence-electron chi connectivity index (χ0n) is 17.7. The summed E-state index contributed by atoms with van der Waals surface area (Å²) in [5, 5.41) is 0.636. The van der Waals surface area contributed by atoms with Crippen LogP contribution in [0.4, 0.5) is 0 Å². The SMILES string of the molecule is CCc1cc(-c2ccc(Cl)cc2)cc(CC)[c]1[Pb]([O]C(C)=O)([O]C(C)=O)[O]C(C)=O. The first-order valence-electron chi connectivity index (χ1n) is 9.62. The molecule has 2 aromatic carbocycles. The Hall–Kier alpha value is -1.94. The molecule has 0 spiro atoms. The minimum atomic E-state index is -5.34. The quantitative estimate of drug-likeness (QED) is 0.433. The van der Waals surface area contributed by atoms with Crippen LogP contribution in [0.1, 0.15) is 45.7 Å². The van der Waals surface area contributed by atoms with Crippen molar-refractivity contribution in [1.82, 2.24) is 0 Å². The molecule has 0 aliphatic rings. The maximum atomic E-state index is 12.0. The summed E-state index contributed by atoms with van der Waals surface area (Å²) in [4.78, 5) is 35.9. The molecule has 2 rings (SSSR count). The number of benzene rings is 2. The number of halogens is 1. The molecule has 0 unspecified atom stereocenters. The third-order valence-corrected chi connectivity index (χ3v) is 16.0. The molecule has 0 aromatic heterocycles. The van der Waals surface area contributed by atoms with E-state index in [1.807, 2.05) is 50.2 Å². The van der Waals surface area contributed by atoms with E-state index >= 15 is 0 Å². The normalized spacial score (nSPS) is 11.0. The van der Waals surface area contributed by atoms with Crippen LogP contribution in [0.25, 0.3) is 11.1 Å². The van der Waals surface area contributed by atoms with Gasteiger partial charge in [0.1, 0.15) is 0 Å². The minimum absolute atomic E-state index is 0.561. The van der Waals surface area contributed by atoms with Gasteiger partial charge in [0.05, 0.1) is 0 Å². The molecular weight excluding hydrogens is 603 g/mol. The molecule has 0 amide bonds. The van der Waals surface area contributed by atoms with Gasteiger partial charge >= 0.3 is 189 Å². The van der Waals surface area contributed by atoms with Gasteiger partial charge in [0.25, 0.3) is 0 Å². The summed E-state index contributed by atoms with van der Waals surface area (Å²) in [5.74, 6) is -1.99. The van der Waals surface area contributed by atoms with Gasteiger partial charge in [0, 0.05) is 0 Å². The van der Waals surface area contributed by atoms with Crippen molar-refractivity contribution in [3.8, 4) is 11.1 Å². The van der Waals surface area contributed by atoms with Crippen molar-refractivity contribution in [3.05, 3.63) is 52.5 Å². The molecule has 0 bridgehead atoms. The summed E-state index contributed by atoms with van der Waals surface area (Å²) in [6, 6.07) is 11.3. The van der Waals surface area contributed by atoms with Crippen LogP contribution < -0.4 is 3.12 Å². The van der Waals surface area contributed by atoms with Crippen LogP contribution in [0, 0.1) is 0 Å². The molecular formula is C22H25ClO6Pb. The number of carbonyl (C=O) groups is 3. The van der Waals surface area contributed by atoms with Crippen LogP contribution in [0.2, 0.25) is 5.02 Å². The van der Waals surface area contributed by atoms with Crippen LogP contribution in [0.5, 0.6) is 0 Å². The molecule has 0 radical (unpaired) electrons. The van der Waals surface area contributed by atoms with Crippen molar-refractivity contribution in [3.63, 3.8) is 0 Å². The first kappa shape index (κ1) is 24.3. The number of hydrogen-bond donors (Lipinski definition) is 0. The number of rotatable bonds is 7. The van der Waals surface area contributed by atoms with Gasteiger partial charge in [-0.05, 0) is 0 Å². The van der Waals surface area contributed by atoms with Gasteiger partial charge < -0.3 is 0 Å². The van der Waals surface area contributed by atoms with Crippen LogP contribution in [-0.2, 0) is 35.3 Å². The van der Waals surface area contributed by atoms with Crippen molar-refractivity contribution in [2.45, 2.75) is 47.5 Å². The van der Waals surface area contributed by atoms with Crippen LogP contribution >= 0.6 is 11.6 Å². The van der Waals surface area contributed by atoms with E-state index in [4.69, 9.17) is 19.7 Å². The molecule has 0 heterocycles. The molecule has 0 saturated heterocycles. The summed E-state index contributed by atoms with van der Waals surface area (Å²) in [5.41, 5.74) is 3.53. The summed E-state index contributed by atoms with van der Waals surface area (Å²) in [6.45, 7) is 7.51. The third-order valence-electron chi connectivity index (χ3n) is 4.38. The molecule has 8 heteroatoms. The van der Waals surface area contributed by atoms with Crippen molar-refractivity contribution in [2.75, 3.05) is 0 Å². The molecule has 6 nitrogen and oxygen atoms in total. The Balaban J connectivity index is 2.81. The Bertz CT molecular complexity index is 889. The van der Waals surface area contributed by atoms with Gasteiger partial charge in [-0.3, -0.25) is 0 Å². The first-order valence-corrected chi connectivity index (χ1v) is 16.7. The summed E-state index contributed by atoms with van der Waals surface area (Å²) in [7, 11) is 0. The van der Waals surface area contributed by atoms with Gasteiger partial charge in [-0.15, -0.1) is 0 Å². The molecule has 0 saturated carbocycles. The van der Waals surface area contributed by atoms with Gasteiger partial charge in [-0.25, -0.2) is 0 Å². The second-order valence-corrected chi connectivity index (χ2v) is 15.8. The Morgan fingerprint density at radius 3 is 1.50 bits per heavy atom. The monoisotopic (exact) mass is 628 g/mol. The average Bonchev–Trinajstić information content (AvgIpc) is 2.65. The van der Waals surface area contributed by atoms with E-state index in [1.165, 1.54) is 20.8 Å². The fourth-order valence-corrected chi connectivity index (χ4v) is 14.5. The molecule has 0 N–H and O–H groups in total. The number of hydrogen-bond acceptors (Lipinski definition) is 6. The predicted molar refractivity (Wildman–Crippen MR) is 116 cm³/mol. The summed E-state index contributed by atoms with van der Waals surface area (Å²) in [6.07, 6.45) is 1.13. The topological polar surface area (TPSA) is 78.9 Å².